The number of hydrogen-bond donors (Lipinski definition) is 0. The summed E-state index contributed by atoms with van der Waals surface area (Å²) in [5.74, 6) is 1.80. The van der Waals surface area contributed by atoms with Crippen molar-refractivity contribution in [1.29, 1.82) is 0 Å². The quantitative estimate of drug-likeness (QED) is 0.835. The topological polar surface area (TPSA) is 85.0 Å². The molecular formula is C15H21N5O2S. The third-order valence-corrected chi connectivity index (χ3v) is 5.03. The minimum atomic E-state index is 0.0325. The van der Waals surface area contributed by atoms with Gasteiger partial charge in [0.2, 0.25) is 5.89 Å². The van der Waals surface area contributed by atoms with E-state index in [1.165, 1.54) is 11.5 Å². The molecule has 124 valence electrons. The molecule has 23 heavy (non-hydrogen) atoms. The maximum absolute atomic E-state index is 12.5. The Hall–Kier alpha value is -1.83. The summed E-state index contributed by atoms with van der Waals surface area (Å²) in [6, 6.07) is 0. The highest BCUT2D eigenvalue weighted by Crippen LogP contribution is 2.28. The lowest BCUT2D eigenvalue weighted by atomic mass is 9.96. The van der Waals surface area contributed by atoms with Crippen molar-refractivity contribution in [3.8, 4) is 0 Å². The van der Waals surface area contributed by atoms with E-state index in [4.69, 9.17) is 4.52 Å². The summed E-state index contributed by atoms with van der Waals surface area (Å²) in [5, 5.41) is 7.96. The van der Waals surface area contributed by atoms with Gasteiger partial charge >= 0.3 is 0 Å². The van der Waals surface area contributed by atoms with E-state index in [2.05, 4.69) is 26.7 Å². The summed E-state index contributed by atoms with van der Waals surface area (Å²) < 4.78 is 9.24. The third-order valence-electron chi connectivity index (χ3n) is 4.21. The van der Waals surface area contributed by atoms with Crippen LogP contribution in [0.2, 0.25) is 0 Å². The molecule has 1 aliphatic heterocycles. The molecule has 1 fully saturated rings. The Bertz CT molecular complexity index is 660. The van der Waals surface area contributed by atoms with Gasteiger partial charge in [0.05, 0.1) is 5.69 Å². The van der Waals surface area contributed by atoms with E-state index in [0.717, 1.165) is 43.8 Å². The molecule has 0 unspecified atom stereocenters. The zero-order valence-corrected chi connectivity index (χ0v) is 14.3. The number of aromatic nitrogens is 4. The van der Waals surface area contributed by atoms with E-state index in [9.17, 15) is 4.79 Å². The zero-order chi connectivity index (χ0) is 16.2. The number of hydrogen-bond acceptors (Lipinski definition) is 7. The van der Waals surface area contributed by atoms with Crippen molar-refractivity contribution in [1.82, 2.24) is 24.6 Å². The van der Waals surface area contributed by atoms with Gasteiger partial charge < -0.3 is 9.42 Å². The Morgan fingerprint density at radius 2 is 2.17 bits per heavy atom. The van der Waals surface area contributed by atoms with Crippen LogP contribution in [0, 0.1) is 6.92 Å². The van der Waals surface area contributed by atoms with Gasteiger partial charge in [0.25, 0.3) is 5.91 Å². The maximum atomic E-state index is 12.5. The van der Waals surface area contributed by atoms with Crippen LogP contribution in [0.1, 0.15) is 65.6 Å². The summed E-state index contributed by atoms with van der Waals surface area (Å²) in [5.41, 5.74) is 0.708. The van der Waals surface area contributed by atoms with Crippen LogP contribution in [0.5, 0.6) is 0 Å². The van der Waals surface area contributed by atoms with E-state index in [1.807, 2.05) is 11.8 Å². The van der Waals surface area contributed by atoms with Crippen LogP contribution in [0.4, 0.5) is 0 Å². The second-order valence-corrected chi connectivity index (χ2v) is 6.66. The van der Waals surface area contributed by atoms with Crippen molar-refractivity contribution in [2.75, 3.05) is 13.1 Å². The first-order valence-corrected chi connectivity index (χ1v) is 8.87. The van der Waals surface area contributed by atoms with Gasteiger partial charge in [-0.25, -0.2) is 0 Å². The minimum absolute atomic E-state index is 0.0325. The minimum Gasteiger partial charge on any atom is -0.339 e. The third kappa shape index (κ3) is 3.57. The fourth-order valence-corrected chi connectivity index (χ4v) is 3.40. The van der Waals surface area contributed by atoms with Gasteiger partial charge in [-0.1, -0.05) is 23.0 Å². The molecule has 1 saturated heterocycles. The molecule has 0 aromatic carbocycles. The first-order valence-electron chi connectivity index (χ1n) is 8.09. The van der Waals surface area contributed by atoms with E-state index >= 15 is 0 Å². The molecule has 1 amide bonds. The molecule has 2 aromatic rings. The molecular weight excluding hydrogens is 314 g/mol. The molecule has 0 bridgehead atoms. The van der Waals surface area contributed by atoms with Gasteiger partial charge in [-0.2, -0.15) is 4.98 Å². The van der Waals surface area contributed by atoms with Crippen molar-refractivity contribution in [3.63, 3.8) is 0 Å². The maximum Gasteiger partial charge on any atom is 0.267 e. The Balaban J connectivity index is 1.57. The normalized spacial score (nSPS) is 16.0. The summed E-state index contributed by atoms with van der Waals surface area (Å²) in [6.45, 7) is 5.37. The van der Waals surface area contributed by atoms with E-state index in [0.29, 0.717) is 23.7 Å². The molecule has 0 N–H and O–H groups in total. The lowest BCUT2D eigenvalue weighted by Crippen LogP contribution is -2.37. The number of likely N-dealkylation sites (tertiary alicyclic amines) is 1. The van der Waals surface area contributed by atoms with Crippen molar-refractivity contribution >= 4 is 17.4 Å². The number of carbonyl (C=O) groups excluding carboxylic acids is 1. The molecule has 7 nitrogen and oxygen atoms in total. The Morgan fingerprint density at radius 3 is 2.83 bits per heavy atom. The number of nitrogens with zero attached hydrogens (tertiary/aromatic N) is 5. The highest BCUT2D eigenvalue weighted by molar-refractivity contribution is 7.07. The van der Waals surface area contributed by atoms with Gasteiger partial charge in [-0.3, -0.25) is 4.79 Å². The molecule has 0 spiro atoms. The van der Waals surface area contributed by atoms with Crippen LogP contribution in [-0.2, 0) is 6.42 Å². The first-order chi connectivity index (χ1) is 11.2. The second kappa shape index (κ2) is 7.16. The number of amides is 1. The summed E-state index contributed by atoms with van der Waals surface area (Å²) >= 11 is 1.17. The summed E-state index contributed by atoms with van der Waals surface area (Å²) in [7, 11) is 0. The fraction of sp³-hybridized carbons (Fsp3) is 0.667. The van der Waals surface area contributed by atoms with Crippen molar-refractivity contribution in [2.45, 2.75) is 51.9 Å². The van der Waals surface area contributed by atoms with Gasteiger partial charge in [0.1, 0.15) is 4.88 Å². The summed E-state index contributed by atoms with van der Waals surface area (Å²) in [6.07, 6.45) is 4.78. The van der Waals surface area contributed by atoms with Crippen molar-refractivity contribution < 1.29 is 9.32 Å². The Kier molecular flexibility index (Phi) is 5.00. The zero-order valence-electron chi connectivity index (χ0n) is 13.5. The first kappa shape index (κ1) is 16.0. The molecule has 1 aliphatic rings. The molecule has 0 atom stereocenters. The predicted octanol–water partition coefficient (Wildman–Crippen LogP) is 2.59. The largest absolute Gasteiger partial charge is 0.339 e. The van der Waals surface area contributed by atoms with Crippen LogP contribution in [0.3, 0.4) is 0 Å². The summed E-state index contributed by atoms with van der Waals surface area (Å²) in [4.78, 5) is 19.5. The number of piperidine rings is 1. The molecule has 2 aromatic heterocycles. The number of aryl methyl sites for hydroxylation is 2. The predicted molar refractivity (Wildman–Crippen MR) is 85.4 cm³/mol. The van der Waals surface area contributed by atoms with Crippen LogP contribution < -0.4 is 0 Å². The monoisotopic (exact) mass is 335 g/mol. The van der Waals surface area contributed by atoms with Gasteiger partial charge in [0.15, 0.2) is 5.82 Å². The lowest BCUT2D eigenvalue weighted by Gasteiger charge is -2.30. The van der Waals surface area contributed by atoms with Crippen LogP contribution in [0.15, 0.2) is 4.52 Å². The number of carbonyl (C=O) groups is 1. The van der Waals surface area contributed by atoms with Gasteiger partial charge in [0, 0.05) is 25.4 Å². The van der Waals surface area contributed by atoms with Crippen molar-refractivity contribution in [2.24, 2.45) is 0 Å². The smallest absolute Gasteiger partial charge is 0.267 e. The fourth-order valence-electron chi connectivity index (χ4n) is 2.77. The van der Waals surface area contributed by atoms with E-state index in [-0.39, 0.29) is 11.8 Å². The number of rotatable bonds is 5. The molecule has 0 saturated carbocycles. The van der Waals surface area contributed by atoms with Gasteiger partial charge in [-0.15, -0.1) is 5.10 Å². The van der Waals surface area contributed by atoms with E-state index in [1.54, 1.807) is 0 Å². The lowest BCUT2D eigenvalue weighted by molar-refractivity contribution is 0.0708. The molecule has 0 radical (unpaired) electrons. The average Bonchev–Trinajstić information content (AvgIpc) is 3.21. The Labute approximate surface area is 139 Å². The molecule has 3 rings (SSSR count). The molecule has 8 heteroatoms. The van der Waals surface area contributed by atoms with Crippen LogP contribution in [-0.4, -0.2) is 43.6 Å². The highest BCUT2D eigenvalue weighted by Gasteiger charge is 2.29. The van der Waals surface area contributed by atoms with E-state index < -0.39 is 0 Å². The van der Waals surface area contributed by atoms with Crippen LogP contribution in [0.25, 0.3) is 0 Å². The van der Waals surface area contributed by atoms with Gasteiger partial charge in [-0.05, 0) is 37.7 Å². The molecule has 0 aliphatic carbocycles. The number of unbranched alkanes of at least 4 members (excludes halogenated alkanes) is 1. The SMILES string of the molecule is CCCCc1noc(C2CCN(C(=O)c3snnc3C)CC2)n1. The highest BCUT2D eigenvalue weighted by atomic mass is 32.1. The van der Waals surface area contributed by atoms with Crippen LogP contribution >= 0.6 is 11.5 Å². The second-order valence-electron chi connectivity index (χ2n) is 5.91. The standard InChI is InChI=1S/C15H21N5O2S/c1-3-4-5-12-16-14(22-18-12)11-6-8-20(9-7-11)15(21)13-10(2)17-19-23-13/h11H,3-9H2,1-2H3. The Morgan fingerprint density at radius 1 is 1.39 bits per heavy atom. The molecule has 3 heterocycles. The average molecular weight is 335 g/mol. The van der Waals surface area contributed by atoms with Crippen molar-refractivity contribution in [3.05, 3.63) is 22.3 Å².